The average Bonchev–Trinajstić information content (AvgIpc) is 1.38. The van der Waals surface area contributed by atoms with Gasteiger partial charge in [0.25, 0.3) is 0 Å². The molecular weight excluding hydrogens is 148 g/mol. The van der Waals surface area contributed by atoms with Crippen molar-refractivity contribution < 1.29 is 0 Å². The van der Waals surface area contributed by atoms with E-state index in [1.54, 1.807) is 0 Å². The minimum Gasteiger partial charge on any atom is -0.0779 e. The van der Waals surface area contributed by atoms with E-state index in [0.29, 0.717) is 0 Å². The zero-order chi connectivity index (χ0) is 4.28. The van der Waals surface area contributed by atoms with E-state index in [2.05, 4.69) is 15.9 Å². The van der Waals surface area contributed by atoms with Crippen LogP contribution in [0.2, 0.25) is 0 Å². The van der Waals surface area contributed by atoms with Crippen molar-refractivity contribution in [2.45, 2.75) is 17.5 Å². The van der Waals surface area contributed by atoms with Gasteiger partial charge >= 0.3 is 0 Å². The van der Waals surface area contributed by atoms with E-state index in [1.807, 2.05) is 6.92 Å². The Morgan fingerprint density at radius 2 is 2.20 bits per heavy atom. The lowest BCUT2D eigenvalue weighted by molar-refractivity contribution is 1.08. The molecule has 1 unspecified atom stereocenters. The highest BCUT2D eigenvalue weighted by Gasteiger charge is 1.85. The van der Waals surface area contributed by atoms with E-state index in [1.165, 1.54) is 0 Å². The predicted molar refractivity (Wildman–Crippen MR) is 30.6 cm³/mol. The third kappa shape index (κ3) is 4.83. The molecule has 0 nitrogen and oxygen atoms in total. The standard InChI is InChI=1S/C3H6BrS/c1-2-3(4)5/h3H,2H2,1H3. The van der Waals surface area contributed by atoms with Crippen LogP contribution in [0.3, 0.4) is 0 Å². The maximum Gasteiger partial charge on any atom is 0.0701 e. The number of alkyl halides is 1. The Morgan fingerprint density at radius 1 is 2.00 bits per heavy atom. The molecule has 0 heterocycles. The van der Waals surface area contributed by atoms with Crippen LogP contribution in [0.5, 0.6) is 0 Å². The smallest absolute Gasteiger partial charge is 0.0701 e. The lowest BCUT2D eigenvalue weighted by atomic mass is 10.6. The fourth-order valence-corrected chi connectivity index (χ4v) is 0. The molecule has 1 atom stereocenters. The van der Waals surface area contributed by atoms with E-state index in [9.17, 15) is 0 Å². The van der Waals surface area contributed by atoms with Gasteiger partial charge in [-0.3, -0.25) is 0 Å². The van der Waals surface area contributed by atoms with Gasteiger partial charge < -0.3 is 0 Å². The van der Waals surface area contributed by atoms with Crippen LogP contribution in [0.15, 0.2) is 0 Å². The summed E-state index contributed by atoms with van der Waals surface area (Å²) in [5, 5.41) is 0. The van der Waals surface area contributed by atoms with Gasteiger partial charge in [0.2, 0.25) is 0 Å². The molecule has 5 heavy (non-hydrogen) atoms. The van der Waals surface area contributed by atoms with E-state index >= 15 is 0 Å². The SMILES string of the molecule is CCC([S])Br. The molecule has 0 saturated heterocycles. The average molecular weight is 154 g/mol. The molecule has 0 spiro atoms. The third-order valence-corrected chi connectivity index (χ3v) is 1.30. The van der Waals surface area contributed by atoms with E-state index in [4.69, 9.17) is 12.6 Å². The Labute approximate surface area is 46.5 Å². The zero-order valence-corrected chi connectivity index (χ0v) is 5.47. The number of hydrogen-bond acceptors (Lipinski definition) is 0. The summed E-state index contributed by atoms with van der Waals surface area (Å²) in [4.78, 5) is 0. The highest BCUT2D eigenvalue weighted by molar-refractivity contribution is 9.11. The summed E-state index contributed by atoms with van der Waals surface area (Å²) >= 11 is 7.88. The van der Waals surface area contributed by atoms with Crippen LogP contribution in [0.25, 0.3) is 0 Å². The van der Waals surface area contributed by atoms with Crippen LogP contribution in [0, 0.1) is 0 Å². The summed E-state index contributed by atoms with van der Waals surface area (Å²) in [5.74, 6) is 0. The molecule has 0 fully saturated rings. The predicted octanol–water partition coefficient (Wildman–Crippen LogP) is 2.31. The lowest BCUT2D eigenvalue weighted by Crippen LogP contribution is -1.74. The molecule has 0 N–H and O–H groups in total. The van der Waals surface area contributed by atoms with Crippen molar-refractivity contribution in [1.82, 2.24) is 0 Å². The summed E-state index contributed by atoms with van der Waals surface area (Å²) in [6.07, 6.45) is 1.04. The van der Waals surface area contributed by atoms with Crippen molar-refractivity contribution in [3.05, 3.63) is 0 Å². The van der Waals surface area contributed by atoms with Gasteiger partial charge in [-0.15, -0.1) is 0 Å². The molecule has 0 amide bonds. The summed E-state index contributed by atoms with van der Waals surface area (Å²) in [6.45, 7) is 2.05. The van der Waals surface area contributed by atoms with Gasteiger partial charge in [-0.2, -0.15) is 0 Å². The first-order valence-electron chi connectivity index (χ1n) is 1.57. The molecule has 0 aliphatic rings. The van der Waals surface area contributed by atoms with Crippen LogP contribution < -0.4 is 0 Å². The largest absolute Gasteiger partial charge is 0.0779 e. The maximum absolute atomic E-state index is 4.70. The molecular formula is C3H6BrS. The summed E-state index contributed by atoms with van der Waals surface area (Å²) in [7, 11) is 0. The van der Waals surface area contributed by atoms with Crippen LogP contribution in [0.4, 0.5) is 0 Å². The van der Waals surface area contributed by atoms with Crippen LogP contribution in [-0.4, -0.2) is 4.16 Å². The first-order valence-corrected chi connectivity index (χ1v) is 2.96. The first-order chi connectivity index (χ1) is 2.27. The van der Waals surface area contributed by atoms with E-state index in [0.717, 1.165) is 6.42 Å². The van der Waals surface area contributed by atoms with Gasteiger partial charge in [-0.1, -0.05) is 35.5 Å². The molecule has 0 aromatic heterocycles. The summed E-state index contributed by atoms with van der Waals surface area (Å²) in [5.41, 5.74) is 0. The topological polar surface area (TPSA) is 0 Å². The number of hydrogen-bond donors (Lipinski definition) is 0. The van der Waals surface area contributed by atoms with Gasteiger partial charge in [-0.05, 0) is 6.42 Å². The quantitative estimate of drug-likeness (QED) is 0.508. The number of halogens is 1. The Morgan fingerprint density at radius 3 is 2.20 bits per heavy atom. The molecule has 0 saturated carbocycles. The lowest BCUT2D eigenvalue weighted by Gasteiger charge is -1.85. The van der Waals surface area contributed by atoms with Gasteiger partial charge in [0.05, 0.1) is 4.16 Å². The van der Waals surface area contributed by atoms with Crippen molar-refractivity contribution in [3.63, 3.8) is 0 Å². The Kier molecular flexibility index (Phi) is 3.54. The minimum absolute atomic E-state index is 0.280. The van der Waals surface area contributed by atoms with Crippen molar-refractivity contribution in [2.75, 3.05) is 0 Å². The molecule has 0 aliphatic heterocycles. The van der Waals surface area contributed by atoms with Crippen LogP contribution in [-0.2, 0) is 0 Å². The van der Waals surface area contributed by atoms with E-state index < -0.39 is 0 Å². The van der Waals surface area contributed by atoms with Crippen LogP contribution >= 0.6 is 28.6 Å². The van der Waals surface area contributed by atoms with Crippen LogP contribution in [0.1, 0.15) is 13.3 Å². The Bertz CT molecular complexity index is 20.9. The summed E-state index contributed by atoms with van der Waals surface area (Å²) < 4.78 is 0.280. The zero-order valence-electron chi connectivity index (χ0n) is 3.07. The molecule has 0 aliphatic carbocycles. The second-order valence-corrected chi connectivity index (χ2v) is 3.10. The monoisotopic (exact) mass is 153 g/mol. The van der Waals surface area contributed by atoms with Gasteiger partial charge in [0, 0.05) is 0 Å². The minimum atomic E-state index is 0.280. The fraction of sp³-hybridized carbons (Fsp3) is 1.00. The van der Waals surface area contributed by atoms with Gasteiger partial charge in [-0.25, -0.2) is 0 Å². The van der Waals surface area contributed by atoms with Crippen molar-refractivity contribution in [2.24, 2.45) is 0 Å². The van der Waals surface area contributed by atoms with Gasteiger partial charge in [0.1, 0.15) is 0 Å². The highest BCUT2D eigenvalue weighted by Crippen LogP contribution is 2.06. The van der Waals surface area contributed by atoms with E-state index in [-0.39, 0.29) is 4.16 Å². The Hall–Kier alpha value is 0.830. The molecule has 0 aromatic rings. The number of rotatable bonds is 1. The normalized spacial score (nSPS) is 15.0. The molecule has 0 bridgehead atoms. The second kappa shape index (κ2) is 3.04. The van der Waals surface area contributed by atoms with Crippen molar-refractivity contribution in [1.29, 1.82) is 0 Å². The van der Waals surface area contributed by atoms with Gasteiger partial charge in [0.15, 0.2) is 0 Å². The van der Waals surface area contributed by atoms with Crippen molar-refractivity contribution >= 4 is 28.6 Å². The maximum atomic E-state index is 4.70. The third-order valence-electron chi connectivity index (χ3n) is 0.321. The molecule has 0 rings (SSSR count). The second-order valence-electron chi connectivity index (χ2n) is 0.818. The van der Waals surface area contributed by atoms with Crippen molar-refractivity contribution in [3.8, 4) is 0 Å². The molecule has 2 heteroatoms. The molecule has 1 radical (unpaired) electrons. The first kappa shape index (κ1) is 5.83. The summed E-state index contributed by atoms with van der Waals surface area (Å²) in [6, 6.07) is 0. The fourth-order valence-electron chi connectivity index (χ4n) is 0. The Balaban J connectivity index is 2.54. The molecule has 31 valence electrons. The molecule has 0 aromatic carbocycles. The highest BCUT2D eigenvalue weighted by atomic mass is 79.9.